The zero-order valence-electron chi connectivity index (χ0n) is 20.0. The van der Waals surface area contributed by atoms with Crippen LogP contribution in [0.2, 0.25) is 0 Å². The van der Waals surface area contributed by atoms with E-state index in [0.717, 1.165) is 27.4 Å². The Hall–Kier alpha value is -4.35. The fourth-order valence-corrected chi connectivity index (χ4v) is 5.92. The number of aromatic nitrogens is 2. The van der Waals surface area contributed by atoms with E-state index in [2.05, 4.69) is 10.2 Å². The predicted molar refractivity (Wildman–Crippen MR) is 145 cm³/mol. The van der Waals surface area contributed by atoms with Gasteiger partial charge in [-0.1, -0.05) is 95.4 Å². The minimum Gasteiger partial charge on any atom is -0.507 e. The van der Waals surface area contributed by atoms with E-state index in [1.807, 2.05) is 31.2 Å². The number of nitrogens with zero attached hydrogens (tertiary/aromatic N) is 4. The molecule has 5 rings (SSSR count). The standard InChI is InChI=1S/C27H20N4O5S2/c1-16-10-12-17(13-11-16)15-37-27-29-28-26(38-27)30-22(19-8-5-9-20(14-19)31(35)36)21(24(33)25(30)34)23(32)18-6-3-2-4-7-18/h2-14,22,32H,15H2,1H3/b23-21-. The quantitative estimate of drug-likeness (QED) is 0.0599. The highest BCUT2D eigenvalue weighted by molar-refractivity contribution is 8.00. The monoisotopic (exact) mass is 544 g/mol. The molecular weight excluding hydrogens is 524 g/mol. The van der Waals surface area contributed by atoms with Crippen molar-refractivity contribution in [3.63, 3.8) is 0 Å². The van der Waals surface area contributed by atoms with Gasteiger partial charge in [0.15, 0.2) is 4.34 Å². The van der Waals surface area contributed by atoms with Crippen LogP contribution in [0.25, 0.3) is 5.76 Å². The molecule has 1 aromatic heterocycles. The number of nitro groups is 1. The van der Waals surface area contributed by atoms with Crippen molar-refractivity contribution in [3.8, 4) is 0 Å². The molecule has 1 fully saturated rings. The Morgan fingerprint density at radius 1 is 1.05 bits per heavy atom. The summed E-state index contributed by atoms with van der Waals surface area (Å²) in [5.41, 5.74) is 2.50. The number of rotatable bonds is 7. The molecule has 1 unspecified atom stereocenters. The van der Waals surface area contributed by atoms with E-state index < -0.39 is 22.7 Å². The molecule has 2 heterocycles. The first-order chi connectivity index (χ1) is 18.3. The van der Waals surface area contributed by atoms with Crippen LogP contribution >= 0.6 is 23.1 Å². The lowest BCUT2D eigenvalue weighted by atomic mass is 9.95. The van der Waals surface area contributed by atoms with E-state index in [1.165, 1.54) is 30.0 Å². The molecule has 1 amide bonds. The lowest BCUT2D eigenvalue weighted by Crippen LogP contribution is -2.29. The van der Waals surface area contributed by atoms with E-state index in [-0.39, 0.29) is 22.2 Å². The topological polar surface area (TPSA) is 127 Å². The van der Waals surface area contributed by atoms with Gasteiger partial charge in [0.2, 0.25) is 5.13 Å². The Balaban J connectivity index is 1.56. The van der Waals surface area contributed by atoms with E-state index in [4.69, 9.17) is 0 Å². The van der Waals surface area contributed by atoms with Gasteiger partial charge in [-0.05, 0) is 18.1 Å². The van der Waals surface area contributed by atoms with Crippen LogP contribution in [0.15, 0.2) is 88.8 Å². The van der Waals surface area contributed by atoms with Crippen molar-refractivity contribution in [3.05, 3.63) is 117 Å². The number of hydrogen-bond acceptors (Lipinski definition) is 9. The molecule has 190 valence electrons. The molecule has 0 bridgehead atoms. The summed E-state index contributed by atoms with van der Waals surface area (Å²) in [7, 11) is 0. The number of anilines is 1. The van der Waals surface area contributed by atoms with Crippen LogP contribution < -0.4 is 4.90 Å². The average Bonchev–Trinajstić information content (AvgIpc) is 3.50. The molecule has 1 N–H and O–H groups in total. The normalized spacial score (nSPS) is 16.7. The summed E-state index contributed by atoms with van der Waals surface area (Å²) in [6, 6.07) is 21.0. The summed E-state index contributed by atoms with van der Waals surface area (Å²) < 4.78 is 0.586. The Bertz CT molecular complexity index is 1570. The number of nitro benzene ring substituents is 1. The lowest BCUT2D eigenvalue weighted by molar-refractivity contribution is -0.384. The number of hydrogen-bond donors (Lipinski definition) is 1. The predicted octanol–water partition coefficient (Wildman–Crippen LogP) is 5.67. The second kappa shape index (κ2) is 10.6. The summed E-state index contributed by atoms with van der Waals surface area (Å²) in [4.78, 5) is 38.6. The molecule has 1 atom stereocenters. The molecule has 3 aromatic carbocycles. The summed E-state index contributed by atoms with van der Waals surface area (Å²) in [5.74, 6) is -1.55. The van der Waals surface area contributed by atoms with Crippen LogP contribution in [0.4, 0.5) is 10.8 Å². The number of ketones is 1. The Morgan fingerprint density at radius 3 is 2.50 bits per heavy atom. The fourth-order valence-electron chi connectivity index (χ4n) is 4.09. The number of benzene rings is 3. The van der Waals surface area contributed by atoms with Crippen LogP contribution in [-0.2, 0) is 15.3 Å². The summed E-state index contributed by atoms with van der Waals surface area (Å²) in [6.07, 6.45) is 0. The number of aliphatic hydroxyl groups excluding tert-OH is 1. The lowest BCUT2D eigenvalue weighted by Gasteiger charge is -2.22. The fraction of sp³-hybridized carbons (Fsp3) is 0.111. The van der Waals surface area contributed by atoms with Gasteiger partial charge in [-0.25, -0.2) is 0 Å². The van der Waals surface area contributed by atoms with Crippen LogP contribution in [0.1, 0.15) is 28.3 Å². The molecule has 0 spiro atoms. The first-order valence-corrected chi connectivity index (χ1v) is 13.3. The highest BCUT2D eigenvalue weighted by Crippen LogP contribution is 2.44. The maximum absolute atomic E-state index is 13.3. The van der Waals surface area contributed by atoms with E-state index >= 15 is 0 Å². The van der Waals surface area contributed by atoms with Crippen molar-refractivity contribution >= 4 is 51.4 Å². The third-order valence-electron chi connectivity index (χ3n) is 5.97. The molecule has 4 aromatic rings. The summed E-state index contributed by atoms with van der Waals surface area (Å²) in [5, 5.41) is 31.1. The summed E-state index contributed by atoms with van der Waals surface area (Å²) in [6.45, 7) is 2.01. The number of aliphatic hydroxyl groups is 1. The van der Waals surface area contributed by atoms with E-state index in [0.29, 0.717) is 21.2 Å². The minimum atomic E-state index is -1.13. The molecule has 1 saturated heterocycles. The van der Waals surface area contributed by atoms with Crippen molar-refractivity contribution in [1.29, 1.82) is 0 Å². The molecule has 1 aliphatic heterocycles. The first-order valence-electron chi connectivity index (χ1n) is 11.5. The van der Waals surface area contributed by atoms with Gasteiger partial charge in [-0.3, -0.25) is 24.6 Å². The largest absolute Gasteiger partial charge is 0.507 e. The number of carbonyl (C=O) groups excluding carboxylic acids is 2. The van der Waals surface area contributed by atoms with Crippen molar-refractivity contribution in [2.75, 3.05) is 4.90 Å². The third kappa shape index (κ3) is 4.93. The van der Waals surface area contributed by atoms with Crippen LogP contribution in [0.5, 0.6) is 0 Å². The number of aryl methyl sites for hydroxylation is 1. The number of carbonyl (C=O) groups is 2. The number of thioether (sulfide) groups is 1. The minimum absolute atomic E-state index is 0.155. The number of Topliss-reactive ketones (excluding diaryl/α,β-unsaturated/α-hetero) is 1. The molecule has 1 aliphatic rings. The van der Waals surface area contributed by atoms with Gasteiger partial charge in [-0.2, -0.15) is 0 Å². The van der Waals surface area contributed by atoms with Gasteiger partial charge in [0, 0.05) is 23.4 Å². The first kappa shape index (κ1) is 25.3. The van der Waals surface area contributed by atoms with E-state index in [9.17, 15) is 24.8 Å². The highest BCUT2D eigenvalue weighted by Gasteiger charge is 2.48. The molecule has 0 aliphatic carbocycles. The van der Waals surface area contributed by atoms with Gasteiger partial charge >= 0.3 is 5.91 Å². The maximum Gasteiger partial charge on any atom is 0.301 e. The smallest absolute Gasteiger partial charge is 0.301 e. The Labute approximate surface area is 225 Å². The molecule has 11 heteroatoms. The van der Waals surface area contributed by atoms with Gasteiger partial charge in [0.05, 0.1) is 16.5 Å². The zero-order chi connectivity index (χ0) is 26.8. The maximum atomic E-state index is 13.3. The number of amides is 1. The van der Waals surface area contributed by atoms with Crippen LogP contribution in [0.3, 0.4) is 0 Å². The molecular formula is C27H20N4O5S2. The van der Waals surface area contributed by atoms with Crippen molar-refractivity contribution in [1.82, 2.24) is 10.2 Å². The SMILES string of the molecule is Cc1ccc(CSc2nnc(N3C(=O)C(=O)/C(=C(\O)c4ccccc4)C3c3cccc([N+](=O)[O-])c3)s2)cc1. The zero-order valence-corrected chi connectivity index (χ0v) is 21.6. The molecule has 0 saturated carbocycles. The molecule has 9 nitrogen and oxygen atoms in total. The highest BCUT2D eigenvalue weighted by atomic mass is 32.2. The van der Waals surface area contributed by atoms with Crippen molar-refractivity contribution in [2.24, 2.45) is 0 Å². The Kier molecular flexibility index (Phi) is 7.03. The summed E-state index contributed by atoms with van der Waals surface area (Å²) >= 11 is 2.57. The molecule has 0 radical (unpaired) electrons. The van der Waals surface area contributed by atoms with Crippen LogP contribution in [0, 0.1) is 17.0 Å². The second-order valence-electron chi connectivity index (χ2n) is 8.51. The second-order valence-corrected chi connectivity index (χ2v) is 10.7. The van der Waals surface area contributed by atoms with Gasteiger partial charge in [-0.15, -0.1) is 10.2 Å². The van der Waals surface area contributed by atoms with Gasteiger partial charge in [0.1, 0.15) is 5.76 Å². The van der Waals surface area contributed by atoms with Crippen molar-refractivity contribution < 1.29 is 19.6 Å². The molecule has 38 heavy (non-hydrogen) atoms. The van der Waals surface area contributed by atoms with Gasteiger partial charge in [0.25, 0.3) is 11.5 Å². The van der Waals surface area contributed by atoms with Gasteiger partial charge < -0.3 is 5.11 Å². The number of non-ortho nitro benzene ring substituents is 1. The third-order valence-corrected chi connectivity index (χ3v) is 8.10. The van der Waals surface area contributed by atoms with Crippen molar-refractivity contribution in [2.45, 2.75) is 23.1 Å². The van der Waals surface area contributed by atoms with Crippen LogP contribution in [-0.4, -0.2) is 31.9 Å². The van der Waals surface area contributed by atoms with E-state index in [1.54, 1.807) is 36.4 Å². The average molecular weight is 545 g/mol. The Morgan fingerprint density at radius 2 is 1.79 bits per heavy atom.